The van der Waals surface area contributed by atoms with E-state index in [1.54, 1.807) is 11.3 Å². The summed E-state index contributed by atoms with van der Waals surface area (Å²) in [4.78, 5) is 5.99. The molecule has 0 aliphatic rings. The molecule has 0 radical (unpaired) electrons. The lowest BCUT2D eigenvalue weighted by Crippen LogP contribution is -2.14. The van der Waals surface area contributed by atoms with E-state index in [0.717, 1.165) is 16.3 Å². The summed E-state index contributed by atoms with van der Waals surface area (Å²) >= 11 is 6.74. The van der Waals surface area contributed by atoms with Crippen molar-refractivity contribution in [2.45, 2.75) is 19.9 Å². The monoisotopic (exact) mass is 277 g/mol. The molecule has 1 aromatic heterocycles. The van der Waals surface area contributed by atoms with Gasteiger partial charge >= 0.3 is 0 Å². The summed E-state index contributed by atoms with van der Waals surface area (Å²) < 4.78 is 0. The molecule has 3 nitrogen and oxygen atoms in total. The summed E-state index contributed by atoms with van der Waals surface area (Å²) in [5.74, 6) is 0. The predicted molar refractivity (Wildman–Crippen MR) is 81.2 cm³/mol. The molecule has 1 atom stereocenters. The Morgan fingerprint density at radius 1 is 1.44 bits per heavy atom. The van der Waals surface area contributed by atoms with E-state index in [0.29, 0.717) is 4.99 Å². The number of hydrogen-bond acceptors (Lipinski definition) is 4. The number of thiazole rings is 1. The van der Waals surface area contributed by atoms with Crippen molar-refractivity contribution in [2.24, 2.45) is 5.73 Å². The van der Waals surface area contributed by atoms with Gasteiger partial charge in [-0.15, -0.1) is 11.3 Å². The summed E-state index contributed by atoms with van der Waals surface area (Å²) in [7, 11) is 0. The van der Waals surface area contributed by atoms with Crippen LogP contribution in [0.2, 0.25) is 0 Å². The summed E-state index contributed by atoms with van der Waals surface area (Å²) in [6.07, 6.45) is 1.89. The van der Waals surface area contributed by atoms with Gasteiger partial charge < -0.3 is 11.1 Å². The zero-order valence-corrected chi connectivity index (χ0v) is 11.9. The van der Waals surface area contributed by atoms with E-state index < -0.39 is 0 Å². The number of nitrogens with two attached hydrogens (primary N) is 1. The summed E-state index contributed by atoms with van der Waals surface area (Å²) in [6, 6.07) is 7.93. The number of aromatic nitrogens is 1. The number of para-hydroxylation sites is 1. The first kappa shape index (κ1) is 13.0. The van der Waals surface area contributed by atoms with Gasteiger partial charge in [-0.2, -0.15) is 0 Å². The van der Waals surface area contributed by atoms with Crippen LogP contribution in [0.3, 0.4) is 0 Å². The molecule has 3 N–H and O–H groups in total. The molecule has 94 valence electrons. The van der Waals surface area contributed by atoms with Crippen LogP contribution in [-0.4, -0.2) is 9.97 Å². The standard InChI is InChI=1S/C13H15N3S2/c1-8-7-15-13(18-8)9(2)16-11-6-4-3-5-10(11)12(14)17/h3-7,9,16H,1-2H3,(H2,14,17). The molecular weight excluding hydrogens is 262 g/mol. The largest absolute Gasteiger partial charge is 0.389 e. The molecule has 1 heterocycles. The van der Waals surface area contributed by atoms with Crippen molar-refractivity contribution < 1.29 is 0 Å². The van der Waals surface area contributed by atoms with Crippen molar-refractivity contribution in [2.75, 3.05) is 5.32 Å². The second-order valence-corrected chi connectivity index (χ2v) is 5.79. The highest BCUT2D eigenvalue weighted by Crippen LogP contribution is 2.25. The molecular formula is C13H15N3S2. The Morgan fingerprint density at radius 3 is 2.78 bits per heavy atom. The highest BCUT2D eigenvalue weighted by Gasteiger charge is 2.11. The predicted octanol–water partition coefficient (Wildman–Crippen LogP) is 3.26. The highest BCUT2D eigenvalue weighted by atomic mass is 32.1. The molecule has 0 aliphatic carbocycles. The third kappa shape index (κ3) is 2.86. The van der Waals surface area contributed by atoms with Gasteiger partial charge in [0.25, 0.3) is 0 Å². The molecule has 5 heteroatoms. The molecule has 2 rings (SSSR count). The fourth-order valence-electron chi connectivity index (χ4n) is 1.69. The van der Waals surface area contributed by atoms with Crippen LogP contribution in [0.15, 0.2) is 30.5 Å². The van der Waals surface area contributed by atoms with Gasteiger partial charge in [0.2, 0.25) is 0 Å². The van der Waals surface area contributed by atoms with Gasteiger partial charge in [-0.3, -0.25) is 0 Å². The van der Waals surface area contributed by atoms with Gasteiger partial charge in [0.15, 0.2) is 0 Å². The van der Waals surface area contributed by atoms with Crippen LogP contribution in [0.5, 0.6) is 0 Å². The molecule has 2 aromatic rings. The van der Waals surface area contributed by atoms with Crippen LogP contribution < -0.4 is 11.1 Å². The molecule has 0 amide bonds. The first-order chi connectivity index (χ1) is 8.58. The van der Waals surface area contributed by atoms with Gasteiger partial charge in [0.1, 0.15) is 10.00 Å². The summed E-state index contributed by atoms with van der Waals surface area (Å²) in [6.45, 7) is 4.13. The smallest absolute Gasteiger partial charge is 0.115 e. The number of nitrogens with zero attached hydrogens (tertiary/aromatic N) is 1. The SMILES string of the molecule is Cc1cnc(C(C)Nc2ccccc2C(N)=S)s1. The molecule has 0 fully saturated rings. The van der Waals surface area contributed by atoms with E-state index >= 15 is 0 Å². The molecule has 0 aliphatic heterocycles. The maximum absolute atomic E-state index is 5.71. The Balaban J connectivity index is 2.21. The Labute approximate surface area is 116 Å². The lowest BCUT2D eigenvalue weighted by atomic mass is 10.1. The number of rotatable bonds is 4. The van der Waals surface area contributed by atoms with Crippen molar-refractivity contribution in [1.29, 1.82) is 0 Å². The van der Waals surface area contributed by atoms with Crippen molar-refractivity contribution in [1.82, 2.24) is 4.98 Å². The second-order valence-electron chi connectivity index (χ2n) is 4.09. The molecule has 18 heavy (non-hydrogen) atoms. The minimum atomic E-state index is 0.138. The van der Waals surface area contributed by atoms with E-state index in [9.17, 15) is 0 Å². The van der Waals surface area contributed by atoms with Crippen LogP contribution in [0, 0.1) is 6.92 Å². The minimum Gasteiger partial charge on any atom is -0.389 e. The average Bonchev–Trinajstić information content (AvgIpc) is 2.76. The average molecular weight is 277 g/mol. The Hall–Kier alpha value is -1.46. The molecule has 1 aromatic carbocycles. The quantitative estimate of drug-likeness (QED) is 0.842. The molecule has 0 saturated heterocycles. The van der Waals surface area contributed by atoms with Crippen LogP contribution in [0.4, 0.5) is 5.69 Å². The van der Waals surface area contributed by atoms with E-state index in [1.807, 2.05) is 30.5 Å². The van der Waals surface area contributed by atoms with Crippen molar-refractivity contribution in [3.63, 3.8) is 0 Å². The number of anilines is 1. The lowest BCUT2D eigenvalue weighted by Gasteiger charge is -2.15. The van der Waals surface area contributed by atoms with Gasteiger partial charge in [-0.1, -0.05) is 24.4 Å². The molecule has 1 unspecified atom stereocenters. The van der Waals surface area contributed by atoms with Gasteiger partial charge in [0, 0.05) is 22.3 Å². The second kappa shape index (κ2) is 5.46. The normalized spacial score (nSPS) is 12.1. The van der Waals surface area contributed by atoms with Crippen molar-refractivity contribution in [3.8, 4) is 0 Å². The Kier molecular flexibility index (Phi) is 3.93. The number of thiocarbonyl (C=S) groups is 1. The van der Waals surface area contributed by atoms with Crippen LogP contribution in [0.1, 0.15) is 28.4 Å². The maximum atomic E-state index is 5.71. The molecule has 0 saturated carbocycles. The zero-order valence-electron chi connectivity index (χ0n) is 10.3. The van der Waals surface area contributed by atoms with E-state index in [-0.39, 0.29) is 6.04 Å². The van der Waals surface area contributed by atoms with E-state index in [2.05, 4.69) is 24.1 Å². The molecule has 0 spiro atoms. The molecule has 0 bridgehead atoms. The van der Waals surface area contributed by atoms with Gasteiger partial charge in [0.05, 0.1) is 6.04 Å². The topological polar surface area (TPSA) is 50.9 Å². The summed E-state index contributed by atoms with van der Waals surface area (Å²) in [5.41, 5.74) is 7.53. The highest BCUT2D eigenvalue weighted by molar-refractivity contribution is 7.80. The number of aryl methyl sites for hydroxylation is 1. The Morgan fingerprint density at radius 2 is 2.17 bits per heavy atom. The lowest BCUT2D eigenvalue weighted by molar-refractivity contribution is 0.869. The number of benzene rings is 1. The minimum absolute atomic E-state index is 0.138. The van der Waals surface area contributed by atoms with Crippen LogP contribution >= 0.6 is 23.6 Å². The van der Waals surface area contributed by atoms with E-state index in [4.69, 9.17) is 18.0 Å². The fourth-order valence-corrected chi connectivity index (χ4v) is 2.65. The third-order valence-electron chi connectivity index (χ3n) is 2.57. The van der Waals surface area contributed by atoms with Crippen molar-refractivity contribution in [3.05, 3.63) is 45.9 Å². The van der Waals surface area contributed by atoms with Gasteiger partial charge in [-0.25, -0.2) is 4.98 Å². The zero-order chi connectivity index (χ0) is 13.1. The number of nitrogens with one attached hydrogen (secondary N) is 1. The maximum Gasteiger partial charge on any atom is 0.115 e. The van der Waals surface area contributed by atoms with Gasteiger partial charge in [-0.05, 0) is 26.0 Å². The van der Waals surface area contributed by atoms with Crippen molar-refractivity contribution >= 4 is 34.2 Å². The Bertz CT molecular complexity index is 563. The summed E-state index contributed by atoms with van der Waals surface area (Å²) in [5, 5.41) is 4.46. The van der Waals surface area contributed by atoms with E-state index in [1.165, 1.54) is 4.88 Å². The first-order valence-electron chi connectivity index (χ1n) is 5.65. The third-order valence-corrected chi connectivity index (χ3v) is 3.89. The van der Waals surface area contributed by atoms with Crippen LogP contribution in [-0.2, 0) is 0 Å². The first-order valence-corrected chi connectivity index (χ1v) is 6.88. The van der Waals surface area contributed by atoms with Crippen LogP contribution in [0.25, 0.3) is 0 Å². The number of hydrogen-bond donors (Lipinski definition) is 2. The fraction of sp³-hybridized carbons (Fsp3) is 0.231.